The zero-order chi connectivity index (χ0) is 15.2. The topological polar surface area (TPSA) is 90.4 Å². The third-order valence-corrected chi connectivity index (χ3v) is 3.85. The summed E-state index contributed by atoms with van der Waals surface area (Å²) in [5, 5.41) is 23.4. The van der Waals surface area contributed by atoms with E-state index in [0.717, 1.165) is 0 Å². The van der Waals surface area contributed by atoms with E-state index >= 15 is 0 Å². The number of anilines is 1. The quantitative estimate of drug-likeness (QED) is 0.845. The number of amides is 1. The molecule has 1 aliphatic rings. The molecule has 1 fully saturated rings. The maximum atomic E-state index is 12.2. The lowest BCUT2D eigenvalue weighted by molar-refractivity contribution is -0.120. The molecule has 1 unspecified atom stereocenters. The Hall–Kier alpha value is -1.87. The van der Waals surface area contributed by atoms with E-state index < -0.39 is 11.6 Å². The van der Waals surface area contributed by atoms with Crippen molar-refractivity contribution >= 4 is 11.7 Å². The number of hydrogen-bond donors (Lipinski definition) is 1. The van der Waals surface area contributed by atoms with Crippen molar-refractivity contribution in [2.75, 3.05) is 4.90 Å². The van der Waals surface area contributed by atoms with Gasteiger partial charge in [0.05, 0.1) is 0 Å². The van der Waals surface area contributed by atoms with Crippen molar-refractivity contribution in [3.05, 3.63) is 11.3 Å². The van der Waals surface area contributed by atoms with Crippen LogP contribution in [0.2, 0.25) is 0 Å². The molecule has 0 aliphatic carbocycles. The number of nitrogens with zero attached hydrogens (tertiary/aromatic N) is 3. The minimum atomic E-state index is -0.984. The van der Waals surface area contributed by atoms with Crippen LogP contribution in [0.3, 0.4) is 0 Å². The summed E-state index contributed by atoms with van der Waals surface area (Å²) in [4.78, 5) is 13.4. The van der Waals surface area contributed by atoms with Crippen LogP contribution in [0.4, 0.5) is 5.82 Å². The fourth-order valence-corrected chi connectivity index (χ4v) is 2.36. The number of aromatic nitrogens is 1. The van der Waals surface area contributed by atoms with Gasteiger partial charge in [-0.05, 0) is 0 Å². The van der Waals surface area contributed by atoms with Gasteiger partial charge < -0.3 is 9.63 Å². The normalized spacial score (nSPS) is 26.9. The summed E-state index contributed by atoms with van der Waals surface area (Å²) < 4.78 is 5.25. The number of carbonyl (C=O) groups is 1. The zero-order valence-electron chi connectivity index (χ0n) is 12.3. The van der Waals surface area contributed by atoms with Crippen molar-refractivity contribution < 1.29 is 14.4 Å². The highest BCUT2D eigenvalue weighted by Gasteiger charge is 2.46. The number of rotatable bonds is 1. The molecule has 1 aliphatic heterocycles. The van der Waals surface area contributed by atoms with Gasteiger partial charge in [0, 0.05) is 17.3 Å². The second-order valence-corrected chi connectivity index (χ2v) is 6.34. The molecule has 20 heavy (non-hydrogen) atoms. The van der Waals surface area contributed by atoms with E-state index in [9.17, 15) is 15.2 Å². The van der Waals surface area contributed by atoms with Gasteiger partial charge in [0.25, 0.3) is 0 Å². The monoisotopic (exact) mass is 277 g/mol. The number of carbonyl (C=O) groups excluding carboxylic acids is 1. The fourth-order valence-electron chi connectivity index (χ4n) is 2.36. The highest BCUT2D eigenvalue weighted by Crippen LogP contribution is 2.37. The molecule has 0 radical (unpaired) electrons. The maximum absolute atomic E-state index is 12.2. The van der Waals surface area contributed by atoms with Gasteiger partial charge >= 0.3 is 0 Å². The van der Waals surface area contributed by atoms with E-state index in [-0.39, 0.29) is 29.1 Å². The smallest absolute Gasteiger partial charge is 0.233 e. The average molecular weight is 277 g/mol. The van der Waals surface area contributed by atoms with E-state index in [2.05, 4.69) is 5.16 Å². The Kier molecular flexibility index (Phi) is 3.34. The summed E-state index contributed by atoms with van der Waals surface area (Å²) in [6, 6.07) is 2.04. The minimum Gasteiger partial charge on any atom is -0.373 e. The highest BCUT2D eigenvalue weighted by molar-refractivity contribution is 5.98. The van der Waals surface area contributed by atoms with Crippen LogP contribution >= 0.6 is 0 Å². The molecule has 1 N–H and O–H groups in total. The zero-order valence-corrected chi connectivity index (χ0v) is 12.3. The average Bonchev–Trinajstić information content (AvgIpc) is 2.86. The Balaban J connectivity index is 2.53. The largest absolute Gasteiger partial charge is 0.373 e. The van der Waals surface area contributed by atoms with Crippen molar-refractivity contribution in [2.24, 2.45) is 11.8 Å². The van der Waals surface area contributed by atoms with Crippen molar-refractivity contribution in [3.63, 3.8) is 0 Å². The molecule has 6 nitrogen and oxygen atoms in total. The van der Waals surface area contributed by atoms with Gasteiger partial charge in [-0.3, -0.25) is 9.69 Å². The number of aliphatic hydroxyl groups is 1. The van der Waals surface area contributed by atoms with E-state index in [1.165, 1.54) is 4.90 Å². The van der Waals surface area contributed by atoms with Crippen LogP contribution < -0.4 is 4.90 Å². The Morgan fingerprint density at radius 2 is 2.00 bits per heavy atom. The van der Waals surface area contributed by atoms with E-state index in [1.807, 2.05) is 26.8 Å². The maximum Gasteiger partial charge on any atom is 0.233 e. The van der Waals surface area contributed by atoms with Gasteiger partial charge in [-0.1, -0.05) is 39.8 Å². The van der Waals surface area contributed by atoms with Crippen molar-refractivity contribution in [2.45, 2.75) is 46.3 Å². The van der Waals surface area contributed by atoms with Crippen LogP contribution in [-0.4, -0.2) is 22.4 Å². The fraction of sp³-hybridized carbons (Fsp3) is 0.643. The third-order valence-electron chi connectivity index (χ3n) is 3.85. The molecular weight excluding hydrogens is 258 g/mol. The molecule has 1 amide bonds. The van der Waals surface area contributed by atoms with Gasteiger partial charge in [0.2, 0.25) is 5.91 Å². The first-order valence-corrected chi connectivity index (χ1v) is 6.61. The van der Waals surface area contributed by atoms with Gasteiger partial charge in [0.15, 0.2) is 11.6 Å². The second-order valence-electron chi connectivity index (χ2n) is 6.34. The van der Waals surface area contributed by atoms with Crippen LogP contribution in [0.25, 0.3) is 0 Å². The highest BCUT2D eigenvalue weighted by atomic mass is 16.5. The molecule has 1 aromatic heterocycles. The second kappa shape index (κ2) is 4.60. The van der Waals surface area contributed by atoms with E-state index in [0.29, 0.717) is 5.76 Å². The molecule has 0 bridgehead atoms. The van der Waals surface area contributed by atoms with Gasteiger partial charge in [-0.15, -0.1) is 0 Å². The Labute approximate surface area is 118 Å². The first-order valence-electron chi connectivity index (χ1n) is 6.61. The predicted octanol–water partition coefficient (Wildman–Crippen LogP) is 1.78. The SMILES string of the molecule is C[C@@H]1C(=O)N(c2noc(C(C)(C)C)c2C#N)C(O)[C@H]1C. The molecule has 1 saturated heterocycles. The van der Waals surface area contributed by atoms with Crippen LogP contribution in [-0.2, 0) is 10.2 Å². The summed E-state index contributed by atoms with van der Waals surface area (Å²) >= 11 is 0. The Morgan fingerprint density at radius 3 is 2.40 bits per heavy atom. The molecule has 0 saturated carbocycles. The van der Waals surface area contributed by atoms with E-state index in [4.69, 9.17) is 4.52 Å². The molecule has 6 heteroatoms. The van der Waals surface area contributed by atoms with Gasteiger partial charge in [0.1, 0.15) is 17.9 Å². The molecule has 0 aromatic carbocycles. The summed E-state index contributed by atoms with van der Waals surface area (Å²) in [6.45, 7) is 9.24. The molecule has 3 atom stereocenters. The molecule has 1 aromatic rings. The van der Waals surface area contributed by atoms with Crippen molar-refractivity contribution in [1.82, 2.24) is 5.16 Å². The molecule has 2 rings (SSSR count). The minimum absolute atomic E-state index is 0.117. The number of hydrogen-bond acceptors (Lipinski definition) is 5. The third kappa shape index (κ3) is 1.98. The van der Waals surface area contributed by atoms with Crippen LogP contribution in [0.15, 0.2) is 4.52 Å². The van der Waals surface area contributed by atoms with Gasteiger partial charge in [-0.25, -0.2) is 0 Å². The molecule has 108 valence electrons. The molecule has 2 heterocycles. The predicted molar refractivity (Wildman–Crippen MR) is 71.7 cm³/mol. The number of nitriles is 1. The first kappa shape index (κ1) is 14.5. The lowest BCUT2D eigenvalue weighted by atomic mass is 9.90. The summed E-state index contributed by atoms with van der Waals surface area (Å²) in [5.41, 5.74) is -0.187. The lowest BCUT2D eigenvalue weighted by Crippen LogP contribution is -2.35. The van der Waals surface area contributed by atoms with Crippen molar-refractivity contribution in [1.29, 1.82) is 5.26 Å². The lowest BCUT2D eigenvalue weighted by Gasteiger charge is -2.19. The molecule has 0 spiro atoms. The first-order chi connectivity index (χ1) is 9.20. The number of aliphatic hydroxyl groups excluding tert-OH is 1. The summed E-state index contributed by atoms with van der Waals surface area (Å²) in [7, 11) is 0. The van der Waals surface area contributed by atoms with Crippen molar-refractivity contribution in [3.8, 4) is 6.07 Å². The molecular formula is C14H19N3O3. The standard InChI is InChI=1S/C14H19N3O3/c1-7-8(2)13(19)17(12(7)18)11-9(6-15)10(20-16-11)14(3,4)5/h7-8,12,18H,1-5H3/t7-,8-,12?/m0/s1. The van der Waals surface area contributed by atoms with Gasteiger partial charge in [-0.2, -0.15) is 5.26 Å². The van der Waals surface area contributed by atoms with E-state index in [1.54, 1.807) is 13.8 Å². The van der Waals surface area contributed by atoms with Crippen LogP contribution in [0, 0.1) is 23.2 Å². The summed E-state index contributed by atoms with van der Waals surface area (Å²) in [6.07, 6.45) is -0.984. The summed E-state index contributed by atoms with van der Waals surface area (Å²) in [5.74, 6) is -0.237. The van der Waals surface area contributed by atoms with Crippen LogP contribution in [0.5, 0.6) is 0 Å². The Bertz CT molecular complexity index is 579. The van der Waals surface area contributed by atoms with Crippen LogP contribution in [0.1, 0.15) is 45.9 Å². The Morgan fingerprint density at radius 1 is 1.40 bits per heavy atom.